The Morgan fingerprint density at radius 3 is 2.11 bits per heavy atom. The van der Waals surface area contributed by atoms with Crippen molar-refractivity contribution < 1.29 is 6.85 Å². The van der Waals surface area contributed by atoms with E-state index in [1.165, 1.54) is 33.0 Å². The van der Waals surface area contributed by atoms with E-state index in [2.05, 4.69) is 114 Å². The first-order valence-corrected chi connectivity index (χ1v) is 18.4. The smallest absolute Gasteiger partial charge is 0.164 e. The van der Waals surface area contributed by atoms with E-state index in [4.69, 9.17) is 16.8 Å². The highest BCUT2D eigenvalue weighted by molar-refractivity contribution is 7.26. The molecule has 0 N–H and O–H groups in total. The fraction of sp³-hybridized carbons (Fsp3) is 0.0625. The van der Waals surface area contributed by atoms with Crippen LogP contribution in [0.3, 0.4) is 0 Å². The van der Waals surface area contributed by atoms with Crippen molar-refractivity contribution in [2.75, 3.05) is 0 Å². The summed E-state index contributed by atoms with van der Waals surface area (Å²) in [7, 11) is 0. The van der Waals surface area contributed by atoms with Crippen LogP contribution in [0.2, 0.25) is 0 Å². The van der Waals surface area contributed by atoms with E-state index in [1.54, 1.807) is 11.3 Å². The molecule has 10 aromatic rings. The van der Waals surface area contributed by atoms with Crippen molar-refractivity contribution >= 4 is 53.3 Å². The van der Waals surface area contributed by atoms with Crippen LogP contribution in [0.5, 0.6) is 0 Å². The van der Waals surface area contributed by atoms with Gasteiger partial charge < -0.3 is 4.57 Å². The fourth-order valence-corrected chi connectivity index (χ4v) is 9.42. The molecule has 3 aromatic heterocycles. The van der Waals surface area contributed by atoms with Gasteiger partial charge in [-0.25, -0.2) is 15.0 Å². The number of para-hydroxylation sites is 1. The van der Waals surface area contributed by atoms with Crippen molar-refractivity contribution in [2.24, 2.45) is 0 Å². The van der Waals surface area contributed by atoms with Gasteiger partial charge in [0.2, 0.25) is 0 Å². The molecule has 0 unspecified atom stereocenters. The summed E-state index contributed by atoms with van der Waals surface area (Å²) in [6.07, 6.45) is 0. The summed E-state index contributed by atoms with van der Waals surface area (Å²) < 4.78 is 46.8. The first-order valence-electron chi connectivity index (χ1n) is 20.1. The van der Waals surface area contributed by atoms with Crippen LogP contribution < -0.4 is 0 Å². The number of benzene rings is 7. The molecule has 0 spiro atoms. The third-order valence-electron chi connectivity index (χ3n) is 10.7. The number of rotatable bonds is 4. The van der Waals surface area contributed by atoms with Crippen LogP contribution in [-0.4, -0.2) is 19.5 Å². The number of hydrogen-bond acceptors (Lipinski definition) is 4. The summed E-state index contributed by atoms with van der Waals surface area (Å²) in [4.78, 5) is 14.3. The summed E-state index contributed by atoms with van der Waals surface area (Å²) in [6, 6.07) is 42.3. The van der Waals surface area contributed by atoms with Gasteiger partial charge in [0.1, 0.15) is 0 Å². The van der Waals surface area contributed by atoms with Crippen LogP contribution in [-0.2, 0) is 5.41 Å². The van der Waals surface area contributed by atoms with Crippen LogP contribution in [0.25, 0.3) is 93.0 Å². The largest absolute Gasteiger partial charge is 0.309 e. The van der Waals surface area contributed by atoms with Crippen LogP contribution >= 0.6 is 11.3 Å². The monoisotopic (exact) mass is 701 g/mol. The lowest BCUT2D eigenvalue weighted by Gasteiger charge is -2.21. The normalized spacial score (nSPS) is 14.6. The minimum Gasteiger partial charge on any atom is -0.309 e. The predicted molar refractivity (Wildman–Crippen MR) is 221 cm³/mol. The van der Waals surface area contributed by atoms with Gasteiger partial charge in [-0.2, -0.15) is 0 Å². The zero-order valence-corrected chi connectivity index (χ0v) is 29.6. The molecular weight excluding hydrogens is 665 g/mol. The lowest BCUT2D eigenvalue weighted by Crippen LogP contribution is -2.14. The van der Waals surface area contributed by atoms with Crippen molar-refractivity contribution in [2.45, 2.75) is 19.3 Å². The zero-order valence-electron chi connectivity index (χ0n) is 33.8. The molecule has 5 heteroatoms. The van der Waals surface area contributed by atoms with Gasteiger partial charge in [0.05, 0.1) is 23.6 Å². The SMILES string of the molecule is [2H]c1c([2H])c([2H])c(-c2nc(-c3ccccc3)nc(-c3ccc4c(c3)sc3cccc(-n5c6ccccc6c6cc7c(cc65)-c5ccccc5C7(C)C)c34)n2)c([2H])c1[2H]. The number of fused-ring (bicyclic) bond motifs is 9. The van der Waals surface area contributed by atoms with Gasteiger partial charge in [-0.1, -0.05) is 135 Å². The highest BCUT2D eigenvalue weighted by Crippen LogP contribution is 2.51. The second-order valence-corrected chi connectivity index (χ2v) is 15.2. The fourth-order valence-electron chi connectivity index (χ4n) is 8.25. The molecule has 0 bridgehead atoms. The molecule has 7 aromatic carbocycles. The Balaban J connectivity index is 1.12. The molecule has 0 aliphatic heterocycles. The zero-order chi connectivity index (χ0) is 39.6. The Hall–Kier alpha value is -6.43. The average molecular weight is 702 g/mol. The van der Waals surface area contributed by atoms with Crippen molar-refractivity contribution in [1.82, 2.24) is 19.5 Å². The van der Waals surface area contributed by atoms with Crippen LogP contribution in [0.15, 0.2) is 158 Å². The summed E-state index contributed by atoms with van der Waals surface area (Å²) in [5, 5.41) is 4.69. The lowest BCUT2D eigenvalue weighted by molar-refractivity contribution is 0.661. The minimum atomic E-state index is -0.468. The highest BCUT2D eigenvalue weighted by Gasteiger charge is 2.36. The molecule has 0 saturated carbocycles. The molecule has 4 nitrogen and oxygen atoms in total. The maximum atomic E-state index is 8.69. The van der Waals surface area contributed by atoms with Gasteiger partial charge >= 0.3 is 0 Å². The summed E-state index contributed by atoms with van der Waals surface area (Å²) in [5.74, 6) is 0.702. The van der Waals surface area contributed by atoms with Gasteiger partial charge in [0.15, 0.2) is 17.5 Å². The standard InChI is InChI=1S/C48H32N4S/c1-48(2)37-20-11-9-18-32(37)35-28-41-36(27-38(35)48)33-19-10-12-21-39(33)52(41)40-22-13-23-42-44(40)34-25-24-31(26-43(34)53-42)47-50-45(29-14-5-3-6-15-29)49-46(51-47)30-16-7-4-8-17-30/h3-28H,1-2H3/i3D,5D,6D,14D,15D. The molecular formula is C48H32N4S. The van der Waals surface area contributed by atoms with E-state index in [0.717, 1.165) is 48.0 Å². The maximum Gasteiger partial charge on any atom is 0.164 e. The molecule has 0 atom stereocenters. The van der Waals surface area contributed by atoms with Crippen molar-refractivity contribution in [1.29, 1.82) is 0 Å². The first-order chi connectivity index (χ1) is 28.1. The number of aromatic nitrogens is 4. The van der Waals surface area contributed by atoms with E-state index in [-0.39, 0.29) is 28.9 Å². The topological polar surface area (TPSA) is 43.6 Å². The van der Waals surface area contributed by atoms with Crippen molar-refractivity contribution in [3.8, 4) is 51.0 Å². The third-order valence-corrected chi connectivity index (χ3v) is 11.9. The van der Waals surface area contributed by atoms with Gasteiger partial charge in [-0.3, -0.25) is 0 Å². The second-order valence-electron chi connectivity index (χ2n) is 14.1. The Kier molecular flexibility index (Phi) is 5.43. The second kappa shape index (κ2) is 11.3. The first kappa shape index (κ1) is 25.5. The van der Waals surface area contributed by atoms with Crippen molar-refractivity contribution in [3.05, 3.63) is 169 Å². The summed E-state index contributed by atoms with van der Waals surface area (Å²) >= 11 is 1.70. The molecule has 1 aliphatic rings. The minimum absolute atomic E-state index is 0.0171. The molecule has 0 amide bonds. The van der Waals surface area contributed by atoms with Crippen LogP contribution in [0.1, 0.15) is 31.8 Å². The Labute approximate surface area is 317 Å². The number of thiophene rings is 1. The Morgan fingerprint density at radius 2 is 1.26 bits per heavy atom. The van der Waals surface area contributed by atoms with E-state index >= 15 is 0 Å². The molecule has 250 valence electrons. The van der Waals surface area contributed by atoms with Crippen molar-refractivity contribution in [3.63, 3.8) is 0 Å². The lowest BCUT2D eigenvalue weighted by atomic mass is 9.82. The van der Waals surface area contributed by atoms with Gasteiger partial charge in [0, 0.05) is 53.1 Å². The summed E-state index contributed by atoms with van der Waals surface area (Å²) in [6.45, 7) is 4.65. The third kappa shape index (κ3) is 4.51. The number of nitrogens with zero attached hydrogens (tertiary/aromatic N) is 4. The van der Waals surface area contributed by atoms with Gasteiger partial charge in [-0.15, -0.1) is 11.3 Å². The molecule has 3 heterocycles. The summed E-state index contributed by atoms with van der Waals surface area (Å²) in [5.41, 5.74) is 9.94. The highest BCUT2D eigenvalue weighted by atomic mass is 32.1. The van der Waals surface area contributed by atoms with Gasteiger partial charge in [-0.05, 0) is 58.7 Å². The number of hydrogen-bond donors (Lipinski definition) is 0. The molecule has 0 radical (unpaired) electrons. The Bertz CT molecular complexity index is 3360. The van der Waals surface area contributed by atoms with E-state index in [9.17, 15) is 0 Å². The molecule has 0 saturated heterocycles. The van der Waals surface area contributed by atoms with Crippen LogP contribution in [0, 0.1) is 0 Å². The van der Waals surface area contributed by atoms with E-state index in [1.807, 2.05) is 36.4 Å². The average Bonchev–Trinajstić information content (AvgIpc) is 3.86. The Morgan fingerprint density at radius 1 is 0.528 bits per heavy atom. The molecule has 0 fully saturated rings. The molecule has 11 rings (SSSR count). The maximum absolute atomic E-state index is 8.69. The van der Waals surface area contributed by atoms with Gasteiger partial charge in [0.25, 0.3) is 0 Å². The van der Waals surface area contributed by atoms with E-state index < -0.39 is 18.1 Å². The quantitative estimate of drug-likeness (QED) is 0.183. The van der Waals surface area contributed by atoms with E-state index in [0.29, 0.717) is 11.6 Å². The van der Waals surface area contributed by atoms with Crippen LogP contribution in [0.4, 0.5) is 0 Å². The predicted octanol–water partition coefficient (Wildman–Crippen LogP) is 12.6. The molecule has 1 aliphatic carbocycles. The molecule has 53 heavy (non-hydrogen) atoms.